The van der Waals surface area contributed by atoms with E-state index in [0.29, 0.717) is 22.3 Å². The first-order chi connectivity index (χ1) is 7.75. The van der Waals surface area contributed by atoms with Gasteiger partial charge in [0.15, 0.2) is 5.82 Å². The molecule has 5 heteroatoms. The number of aromatic nitrogens is 2. The normalized spacial score (nSPS) is 10.1. The molecule has 0 aliphatic rings. The number of nitrogens with two attached hydrogens (primary N) is 1. The van der Waals surface area contributed by atoms with Gasteiger partial charge in [0.05, 0.1) is 5.02 Å². The molecule has 2 aromatic rings. The monoisotopic (exact) mass is 235 g/mol. The molecule has 2 rings (SSSR count). The molecule has 82 valence electrons. The van der Waals surface area contributed by atoms with E-state index >= 15 is 0 Å². The van der Waals surface area contributed by atoms with Gasteiger partial charge in [-0.2, -0.15) is 0 Å². The maximum Gasteiger partial charge on any atom is 0.166 e. The number of anilines is 1. The van der Waals surface area contributed by atoms with Gasteiger partial charge in [-0.1, -0.05) is 11.6 Å². The fourth-order valence-electron chi connectivity index (χ4n) is 1.18. The molecule has 1 heterocycles. The molecule has 0 bridgehead atoms. The smallest absolute Gasteiger partial charge is 0.166 e. The molecular weight excluding hydrogens is 226 g/mol. The molecule has 0 aliphatic heterocycles. The third kappa shape index (κ3) is 2.61. The zero-order chi connectivity index (χ0) is 11.4. The number of benzene rings is 1. The van der Waals surface area contributed by atoms with Gasteiger partial charge >= 0.3 is 0 Å². The van der Waals surface area contributed by atoms with Gasteiger partial charge in [0.2, 0.25) is 0 Å². The molecule has 0 spiro atoms. The average molecular weight is 236 g/mol. The molecule has 0 aliphatic carbocycles. The molecule has 4 nitrogen and oxygen atoms in total. The van der Waals surface area contributed by atoms with Gasteiger partial charge in [0.25, 0.3) is 0 Å². The predicted molar refractivity (Wildman–Crippen MR) is 62.2 cm³/mol. The van der Waals surface area contributed by atoms with Crippen LogP contribution in [-0.4, -0.2) is 9.97 Å². The maximum absolute atomic E-state index is 5.95. The minimum Gasteiger partial charge on any atom is -0.484 e. The van der Waals surface area contributed by atoms with Crippen molar-refractivity contribution in [2.24, 2.45) is 0 Å². The number of rotatable bonds is 3. The lowest BCUT2D eigenvalue weighted by Gasteiger charge is -2.07. The van der Waals surface area contributed by atoms with E-state index in [9.17, 15) is 0 Å². The van der Waals surface area contributed by atoms with Crippen LogP contribution in [-0.2, 0) is 6.61 Å². The molecule has 2 N–H and O–H groups in total. The average Bonchev–Trinajstić information content (AvgIpc) is 2.29. The highest BCUT2D eigenvalue weighted by molar-refractivity contribution is 6.32. The Kier molecular flexibility index (Phi) is 3.22. The Balaban J connectivity index is 2.05. The van der Waals surface area contributed by atoms with Crippen LogP contribution < -0.4 is 10.5 Å². The first-order valence-corrected chi connectivity index (χ1v) is 5.07. The molecule has 16 heavy (non-hydrogen) atoms. The lowest BCUT2D eigenvalue weighted by atomic mass is 10.3. The van der Waals surface area contributed by atoms with Crippen LogP contribution in [0.5, 0.6) is 5.75 Å². The van der Waals surface area contributed by atoms with Crippen LogP contribution in [0.25, 0.3) is 0 Å². The van der Waals surface area contributed by atoms with Crippen molar-refractivity contribution in [1.82, 2.24) is 9.97 Å². The Bertz CT molecular complexity index is 476. The van der Waals surface area contributed by atoms with Gasteiger partial charge in [-0.3, -0.25) is 0 Å². The van der Waals surface area contributed by atoms with Crippen molar-refractivity contribution in [1.29, 1.82) is 0 Å². The highest BCUT2D eigenvalue weighted by Gasteiger charge is 2.03. The van der Waals surface area contributed by atoms with Crippen molar-refractivity contribution in [2.45, 2.75) is 6.61 Å². The first kappa shape index (κ1) is 10.7. The fourth-order valence-corrected chi connectivity index (χ4v) is 1.42. The number of hydrogen-bond donors (Lipinski definition) is 1. The number of nitrogens with zero attached hydrogens (tertiary/aromatic N) is 2. The van der Waals surface area contributed by atoms with E-state index in [2.05, 4.69) is 9.97 Å². The lowest BCUT2D eigenvalue weighted by Crippen LogP contribution is -2.00. The van der Waals surface area contributed by atoms with Gasteiger partial charge in [-0.15, -0.1) is 0 Å². The fraction of sp³-hybridized carbons (Fsp3) is 0.0909. The summed E-state index contributed by atoms with van der Waals surface area (Å²) in [6, 6.07) is 6.84. The van der Waals surface area contributed by atoms with E-state index in [-0.39, 0.29) is 6.61 Å². The number of hydrogen-bond acceptors (Lipinski definition) is 4. The molecule has 0 saturated heterocycles. The van der Waals surface area contributed by atoms with Gasteiger partial charge in [-0.05, 0) is 24.3 Å². The minimum atomic E-state index is 0.282. The Labute approximate surface area is 98.0 Å². The van der Waals surface area contributed by atoms with Crippen LogP contribution in [0.15, 0.2) is 36.7 Å². The van der Waals surface area contributed by atoms with Crippen molar-refractivity contribution < 1.29 is 4.74 Å². The van der Waals surface area contributed by atoms with E-state index in [1.54, 1.807) is 36.7 Å². The molecule has 0 fully saturated rings. The van der Waals surface area contributed by atoms with Gasteiger partial charge in [0, 0.05) is 18.1 Å². The second-order valence-corrected chi connectivity index (χ2v) is 3.55. The van der Waals surface area contributed by atoms with Crippen LogP contribution >= 0.6 is 11.6 Å². The van der Waals surface area contributed by atoms with Gasteiger partial charge in [-0.25, -0.2) is 9.97 Å². The summed E-state index contributed by atoms with van der Waals surface area (Å²) in [4.78, 5) is 8.07. The molecule has 0 unspecified atom stereocenters. The zero-order valence-corrected chi connectivity index (χ0v) is 9.19. The third-order valence-electron chi connectivity index (χ3n) is 1.93. The van der Waals surface area contributed by atoms with Crippen LogP contribution in [0.2, 0.25) is 5.02 Å². The molecule has 0 saturated carbocycles. The summed E-state index contributed by atoms with van der Waals surface area (Å²) in [6.07, 6.45) is 3.33. The number of nitrogen functional groups attached to an aromatic ring is 1. The van der Waals surface area contributed by atoms with Crippen LogP contribution in [0.3, 0.4) is 0 Å². The Hall–Kier alpha value is -1.81. The molecule has 1 aromatic heterocycles. The SMILES string of the molecule is Nc1ccc(OCc2ncccn2)c(Cl)c1. The molecule has 0 radical (unpaired) electrons. The summed E-state index contributed by atoms with van der Waals surface area (Å²) in [5.41, 5.74) is 6.18. The molecule has 0 amide bonds. The van der Waals surface area contributed by atoms with Crippen LogP contribution in [0.1, 0.15) is 5.82 Å². The van der Waals surface area contributed by atoms with E-state index in [0.717, 1.165) is 0 Å². The predicted octanol–water partition coefficient (Wildman–Crippen LogP) is 2.29. The second-order valence-electron chi connectivity index (χ2n) is 3.14. The topological polar surface area (TPSA) is 61.0 Å². The molecular formula is C11H10ClN3O. The standard InChI is InChI=1S/C11H10ClN3O/c12-9-6-8(13)2-3-10(9)16-7-11-14-4-1-5-15-11/h1-6H,7,13H2. The summed E-state index contributed by atoms with van der Waals surface area (Å²) < 4.78 is 5.47. The lowest BCUT2D eigenvalue weighted by molar-refractivity contribution is 0.296. The third-order valence-corrected chi connectivity index (χ3v) is 2.23. The highest BCUT2D eigenvalue weighted by atomic mass is 35.5. The largest absolute Gasteiger partial charge is 0.484 e. The van der Waals surface area contributed by atoms with Crippen molar-refractivity contribution >= 4 is 17.3 Å². The van der Waals surface area contributed by atoms with Crippen molar-refractivity contribution in [2.75, 3.05) is 5.73 Å². The van der Waals surface area contributed by atoms with E-state index < -0.39 is 0 Å². The summed E-state index contributed by atoms with van der Waals surface area (Å²) in [7, 11) is 0. The second kappa shape index (κ2) is 4.81. The number of halogens is 1. The van der Waals surface area contributed by atoms with Gasteiger partial charge in [0.1, 0.15) is 12.4 Å². The van der Waals surface area contributed by atoms with Crippen molar-refractivity contribution in [3.05, 3.63) is 47.5 Å². The Morgan fingerprint density at radius 3 is 2.69 bits per heavy atom. The Morgan fingerprint density at radius 2 is 2.00 bits per heavy atom. The summed E-state index contributed by atoms with van der Waals surface area (Å²) in [5.74, 6) is 1.18. The van der Waals surface area contributed by atoms with E-state index in [1.165, 1.54) is 0 Å². The highest BCUT2D eigenvalue weighted by Crippen LogP contribution is 2.26. The van der Waals surface area contributed by atoms with Gasteiger partial charge < -0.3 is 10.5 Å². The number of ether oxygens (including phenoxy) is 1. The summed E-state index contributed by atoms with van der Waals surface area (Å²) >= 11 is 5.95. The minimum absolute atomic E-state index is 0.282. The van der Waals surface area contributed by atoms with Crippen LogP contribution in [0, 0.1) is 0 Å². The first-order valence-electron chi connectivity index (χ1n) is 4.69. The van der Waals surface area contributed by atoms with Crippen LogP contribution in [0.4, 0.5) is 5.69 Å². The van der Waals surface area contributed by atoms with E-state index in [4.69, 9.17) is 22.1 Å². The maximum atomic E-state index is 5.95. The van der Waals surface area contributed by atoms with E-state index in [1.807, 2.05) is 0 Å². The van der Waals surface area contributed by atoms with Crippen molar-refractivity contribution in [3.63, 3.8) is 0 Å². The molecule has 0 atom stereocenters. The zero-order valence-electron chi connectivity index (χ0n) is 8.43. The Morgan fingerprint density at radius 1 is 1.25 bits per heavy atom. The summed E-state index contributed by atoms with van der Waals surface area (Å²) in [6.45, 7) is 0.282. The summed E-state index contributed by atoms with van der Waals surface area (Å²) in [5, 5.41) is 0.482. The quantitative estimate of drug-likeness (QED) is 0.830. The van der Waals surface area contributed by atoms with Crippen molar-refractivity contribution in [3.8, 4) is 5.75 Å². The molecule has 1 aromatic carbocycles.